The molecule has 0 fully saturated rings. The van der Waals surface area contributed by atoms with Gasteiger partial charge >= 0.3 is 59.1 Å². The van der Waals surface area contributed by atoms with Crippen molar-refractivity contribution in [2.75, 3.05) is 0 Å². The Bertz CT molecular complexity index is 119. The maximum atomic E-state index is 9.33. The van der Waals surface area contributed by atoms with Crippen LogP contribution in [0.15, 0.2) is 0 Å². The number of hydrogen-bond acceptors (Lipinski definition) is 3. The molecule has 0 aliphatic heterocycles. The second kappa shape index (κ2) is 11.6. The molecule has 0 atom stereocenters. The summed E-state index contributed by atoms with van der Waals surface area (Å²) in [6.45, 7) is 4.42. The monoisotopic (exact) mass is 200 g/mol. The molecule has 0 aromatic heterocycles. The fraction of sp³-hybridized carbons (Fsp3) is 0.333. The van der Waals surface area contributed by atoms with Gasteiger partial charge in [0.1, 0.15) is 0 Å². The van der Waals surface area contributed by atoms with Gasteiger partial charge in [0.25, 0.3) is 7.82 Å². The third kappa shape index (κ3) is 398. The van der Waals surface area contributed by atoms with Crippen LogP contribution < -0.4 is 64.0 Å². The molecular weight excluding hydrogens is 193 g/mol. The first kappa shape index (κ1) is 22.9. The number of hydrogen-bond donors (Lipinski definition) is 2. The molecule has 11 heavy (non-hydrogen) atoms. The summed E-state index contributed by atoms with van der Waals surface area (Å²) in [6.07, 6.45) is 0. The zero-order valence-corrected chi connectivity index (χ0v) is 11.7. The van der Waals surface area contributed by atoms with Gasteiger partial charge in [-0.15, -0.1) is 0 Å². The first-order valence-corrected chi connectivity index (χ1v) is 3.35. The topological polar surface area (TPSA) is 97.7 Å². The van der Waals surface area contributed by atoms with E-state index in [1.165, 1.54) is 6.92 Å². The maximum absolute atomic E-state index is 9.33. The Morgan fingerprint density at radius 1 is 1.45 bits per heavy atom. The van der Waals surface area contributed by atoms with E-state index in [0.717, 1.165) is 0 Å². The van der Waals surface area contributed by atoms with Crippen LogP contribution in [0.5, 0.6) is 0 Å². The first-order chi connectivity index (χ1) is 3.73. The van der Waals surface area contributed by atoms with Gasteiger partial charge in [-0.3, -0.25) is 4.57 Å². The van der Waals surface area contributed by atoms with E-state index < -0.39 is 7.82 Å². The second-order valence-corrected chi connectivity index (χ2v) is 2.17. The summed E-state index contributed by atoms with van der Waals surface area (Å²) in [4.78, 5) is 32.3. The molecule has 0 aromatic carbocycles. The number of carbonyl (C=O) groups is 1. The molecule has 0 spiro atoms. The van der Waals surface area contributed by atoms with Gasteiger partial charge < -0.3 is 26.4 Å². The Labute approximate surface area is 109 Å². The van der Waals surface area contributed by atoms with Crippen molar-refractivity contribution in [1.29, 1.82) is 0 Å². The standard InChI is InChI=1S/C3H5O.2Na.H3O4P/c1-3(2)4;;;1-5(2,3)4/h1H2,2H3;;;(H3,1,2,3,4)/q-1;2*+1;/p-1. The van der Waals surface area contributed by atoms with Crippen LogP contribution in [0.3, 0.4) is 0 Å². The molecule has 56 valence electrons. The third-order valence-electron chi connectivity index (χ3n) is 0. The summed E-state index contributed by atoms with van der Waals surface area (Å²) in [5, 5.41) is 0. The van der Waals surface area contributed by atoms with Crippen LogP contribution >= 0.6 is 7.82 Å². The number of Topliss-reactive ketones (excluding diaryl/α,β-unsaturated/α-hetero) is 1. The van der Waals surface area contributed by atoms with Crippen LogP contribution in [0.25, 0.3) is 0 Å². The average molecular weight is 200 g/mol. The largest absolute Gasteiger partial charge is 1.00 e. The summed E-state index contributed by atoms with van der Waals surface area (Å²) in [5.74, 6) is -0.0833. The van der Waals surface area contributed by atoms with Gasteiger partial charge in [-0.25, -0.2) is 0 Å². The molecule has 2 N–H and O–H groups in total. The van der Waals surface area contributed by atoms with Crippen molar-refractivity contribution >= 4 is 13.6 Å². The van der Waals surface area contributed by atoms with Gasteiger partial charge in [-0.2, -0.15) is 0 Å². The molecule has 0 amide bonds. The van der Waals surface area contributed by atoms with Crippen LogP contribution in [-0.2, 0) is 9.36 Å². The number of ketones is 1. The molecular formula is C3H7Na2O5P. The van der Waals surface area contributed by atoms with E-state index >= 15 is 0 Å². The summed E-state index contributed by atoms with van der Waals surface area (Å²) in [5.41, 5.74) is 0. The predicted molar refractivity (Wildman–Crippen MR) is 28.1 cm³/mol. The van der Waals surface area contributed by atoms with Crippen molar-refractivity contribution in [2.45, 2.75) is 6.92 Å². The van der Waals surface area contributed by atoms with Gasteiger partial charge in [0.15, 0.2) is 0 Å². The minimum absolute atomic E-state index is 0. The van der Waals surface area contributed by atoms with Crippen LogP contribution in [-0.4, -0.2) is 15.6 Å². The van der Waals surface area contributed by atoms with Crippen molar-refractivity contribution in [3.05, 3.63) is 6.92 Å². The van der Waals surface area contributed by atoms with E-state index in [9.17, 15) is 4.79 Å². The fourth-order valence-electron chi connectivity index (χ4n) is 0. The van der Waals surface area contributed by atoms with E-state index in [2.05, 4.69) is 6.92 Å². The van der Waals surface area contributed by atoms with Crippen molar-refractivity contribution in [3.63, 3.8) is 0 Å². The molecule has 0 rings (SSSR count). The van der Waals surface area contributed by atoms with Crippen molar-refractivity contribution in [3.8, 4) is 0 Å². The van der Waals surface area contributed by atoms with Crippen molar-refractivity contribution < 1.29 is 83.2 Å². The minimum atomic E-state index is -4.89. The number of carbonyl (C=O) groups excluding carboxylic acids is 1. The summed E-state index contributed by atoms with van der Waals surface area (Å²) >= 11 is 0. The van der Waals surface area contributed by atoms with Crippen LogP contribution in [0.4, 0.5) is 0 Å². The Morgan fingerprint density at radius 2 is 1.45 bits per heavy atom. The predicted octanol–water partition coefficient (Wildman–Crippen LogP) is -7.14. The number of phosphoric acid groups is 1. The Kier molecular flexibility index (Phi) is 24.3. The second-order valence-electron chi connectivity index (χ2n) is 1.19. The molecule has 0 bridgehead atoms. The first-order valence-electron chi connectivity index (χ1n) is 1.82. The molecule has 0 unspecified atom stereocenters. The average Bonchev–Trinajstić information content (AvgIpc) is 1.19. The summed E-state index contributed by atoms with van der Waals surface area (Å²) < 4.78 is 8.77. The van der Waals surface area contributed by atoms with Crippen LogP contribution in [0, 0.1) is 6.92 Å². The molecule has 0 aromatic rings. The molecule has 8 heteroatoms. The van der Waals surface area contributed by atoms with E-state index in [-0.39, 0.29) is 64.9 Å². The van der Waals surface area contributed by atoms with E-state index in [4.69, 9.17) is 19.2 Å². The van der Waals surface area contributed by atoms with Gasteiger partial charge in [0, 0.05) is 0 Å². The smallest absolute Gasteiger partial charge is 0.756 e. The van der Waals surface area contributed by atoms with E-state index in [1.807, 2.05) is 0 Å². The molecule has 0 aliphatic rings. The fourth-order valence-corrected chi connectivity index (χ4v) is 0. The van der Waals surface area contributed by atoms with Crippen molar-refractivity contribution in [2.24, 2.45) is 0 Å². The Balaban J connectivity index is -0.0000000383. The Morgan fingerprint density at radius 3 is 1.45 bits per heavy atom. The molecule has 0 saturated heterocycles. The summed E-state index contributed by atoms with van der Waals surface area (Å²) in [7, 11) is -4.89. The van der Waals surface area contributed by atoms with Gasteiger partial charge in [-0.1, -0.05) is 0 Å². The third-order valence-corrected chi connectivity index (χ3v) is 0. The Hall–Kier alpha value is 1.65. The van der Waals surface area contributed by atoms with E-state index in [0.29, 0.717) is 0 Å². The molecule has 0 heterocycles. The van der Waals surface area contributed by atoms with Gasteiger partial charge in [0.05, 0.1) is 0 Å². The normalized spacial score (nSPS) is 7.64. The minimum Gasteiger partial charge on any atom is -0.756 e. The van der Waals surface area contributed by atoms with Gasteiger partial charge in [0.2, 0.25) is 0 Å². The van der Waals surface area contributed by atoms with Crippen LogP contribution in [0.1, 0.15) is 6.92 Å². The quantitative estimate of drug-likeness (QED) is 0.230. The zero-order valence-electron chi connectivity index (χ0n) is 6.77. The SMILES string of the molecule is O=P([O-])(O)O.[CH2-]C(C)=O.[Na+].[Na+]. The molecule has 0 saturated carbocycles. The van der Waals surface area contributed by atoms with Crippen molar-refractivity contribution in [1.82, 2.24) is 0 Å². The number of rotatable bonds is 0. The van der Waals surface area contributed by atoms with Gasteiger partial charge in [-0.05, 0) is 12.7 Å². The van der Waals surface area contributed by atoms with E-state index in [1.54, 1.807) is 0 Å². The summed E-state index contributed by atoms with van der Waals surface area (Å²) in [6, 6.07) is 0. The zero-order chi connectivity index (χ0) is 8.08. The van der Waals surface area contributed by atoms with Crippen LogP contribution in [0.2, 0.25) is 0 Å². The molecule has 0 radical (unpaired) electrons. The molecule has 5 nitrogen and oxygen atoms in total. The maximum Gasteiger partial charge on any atom is 1.00 e. The molecule has 0 aliphatic carbocycles.